The van der Waals surface area contributed by atoms with Crippen LogP contribution in [0.2, 0.25) is 0 Å². The van der Waals surface area contributed by atoms with Crippen LogP contribution in [-0.4, -0.2) is 22.4 Å². The van der Waals surface area contributed by atoms with Crippen LogP contribution in [0.5, 0.6) is 0 Å². The maximum absolute atomic E-state index is 12.1. The van der Waals surface area contributed by atoms with E-state index in [2.05, 4.69) is 27.5 Å². The fourth-order valence-electron chi connectivity index (χ4n) is 1.85. The Bertz CT molecular complexity index is 571. The minimum absolute atomic E-state index is 0.146. The Labute approximate surface area is 124 Å². The second-order valence-electron chi connectivity index (χ2n) is 4.75. The third kappa shape index (κ3) is 4.87. The zero-order chi connectivity index (χ0) is 14.9. The Morgan fingerprint density at radius 3 is 2.95 bits per heavy atom. The molecule has 2 heterocycles. The lowest BCUT2D eigenvalue weighted by molar-refractivity contribution is 0.0950. The van der Waals surface area contributed by atoms with E-state index in [9.17, 15) is 4.79 Å². The van der Waals surface area contributed by atoms with Gasteiger partial charge in [0.15, 0.2) is 0 Å². The molecule has 1 amide bonds. The van der Waals surface area contributed by atoms with Gasteiger partial charge in [-0.25, -0.2) is 0 Å². The molecule has 0 saturated carbocycles. The molecule has 2 rings (SSSR count). The van der Waals surface area contributed by atoms with Crippen LogP contribution in [0.15, 0.2) is 42.9 Å². The van der Waals surface area contributed by atoms with Crippen molar-refractivity contribution in [3.8, 4) is 0 Å². The monoisotopic (exact) mass is 284 g/mol. The molecule has 5 heteroatoms. The Hall–Kier alpha value is -2.43. The zero-order valence-electron chi connectivity index (χ0n) is 12.2. The highest BCUT2D eigenvalue weighted by molar-refractivity contribution is 5.94. The molecule has 110 valence electrons. The van der Waals surface area contributed by atoms with Crippen molar-refractivity contribution in [2.75, 3.05) is 11.9 Å². The van der Waals surface area contributed by atoms with Gasteiger partial charge in [0.1, 0.15) is 0 Å². The molecule has 2 aromatic rings. The van der Waals surface area contributed by atoms with Crippen molar-refractivity contribution in [1.82, 2.24) is 15.3 Å². The molecule has 0 saturated heterocycles. The lowest BCUT2D eigenvalue weighted by Crippen LogP contribution is -2.23. The number of amides is 1. The molecule has 21 heavy (non-hydrogen) atoms. The zero-order valence-corrected chi connectivity index (χ0v) is 12.2. The van der Waals surface area contributed by atoms with Gasteiger partial charge in [-0.05, 0) is 24.6 Å². The summed E-state index contributed by atoms with van der Waals surface area (Å²) in [6.45, 7) is 3.44. The van der Waals surface area contributed by atoms with Crippen LogP contribution in [-0.2, 0) is 6.54 Å². The van der Waals surface area contributed by atoms with E-state index in [0.29, 0.717) is 12.1 Å². The molecule has 2 aromatic heterocycles. The summed E-state index contributed by atoms with van der Waals surface area (Å²) < 4.78 is 0. The van der Waals surface area contributed by atoms with Crippen molar-refractivity contribution >= 4 is 11.6 Å². The van der Waals surface area contributed by atoms with E-state index in [1.807, 2.05) is 24.3 Å². The Morgan fingerprint density at radius 2 is 2.19 bits per heavy atom. The molecule has 0 aliphatic heterocycles. The number of nitrogens with zero attached hydrogens (tertiary/aromatic N) is 2. The van der Waals surface area contributed by atoms with E-state index < -0.39 is 0 Å². The van der Waals surface area contributed by atoms with Crippen LogP contribution in [0.25, 0.3) is 0 Å². The first-order valence-corrected chi connectivity index (χ1v) is 7.16. The van der Waals surface area contributed by atoms with E-state index in [0.717, 1.165) is 30.8 Å². The molecule has 0 radical (unpaired) electrons. The minimum Gasteiger partial charge on any atom is -0.384 e. The van der Waals surface area contributed by atoms with Gasteiger partial charge in [-0.3, -0.25) is 14.8 Å². The second kappa shape index (κ2) is 7.99. The van der Waals surface area contributed by atoms with Gasteiger partial charge in [-0.2, -0.15) is 0 Å². The predicted molar refractivity (Wildman–Crippen MR) is 83.0 cm³/mol. The largest absolute Gasteiger partial charge is 0.384 e. The number of hydrogen-bond donors (Lipinski definition) is 2. The molecule has 0 aliphatic carbocycles. The fourth-order valence-corrected chi connectivity index (χ4v) is 1.85. The van der Waals surface area contributed by atoms with Gasteiger partial charge < -0.3 is 10.6 Å². The minimum atomic E-state index is -0.146. The van der Waals surface area contributed by atoms with Gasteiger partial charge in [0.05, 0.1) is 23.5 Å². The summed E-state index contributed by atoms with van der Waals surface area (Å²) in [5.74, 6) is -0.146. The summed E-state index contributed by atoms with van der Waals surface area (Å²) in [4.78, 5) is 20.4. The van der Waals surface area contributed by atoms with Gasteiger partial charge >= 0.3 is 0 Å². The topological polar surface area (TPSA) is 66.9 Å². The van der Waals surface area contributed by atoms with E-state index in [4.69, 9.17) is 0 Å². The van der Waals surface area contributed by atoms with Gasteiger partial charge in [0, 0.05) is 25.1 Å². The highest BCUT2D eigenvalue weighted by Crippen LogP contribution is 2.09. The standard InChI is InChI=1S/C16H20N4O/c1-2-3-7-19-15-9-13(10-17-11-15)16(21)20-12-14-6-4-5-8-18-14/h4-6,8-11,19H,2-3,7,12H2,1H3,(H,20,21). The van der Waals surface area contributed by atoms with Gasteiger partial charge in [0.25, 0.3) is 5.91 Å². The van der Waals surface area contributed by atoms with E-state index in [1.54, 1.807) is 18.6 Å². The van der Waals surface area contributed by atoms with Crippen LogP contribution in [0, 0.1) is 0 Å². The predicted octanol–water partition coefficient (Wildman–Crippen LogP) is 2.62. The average Bonchev–Trinajstić information content (AvgIpc) is 2.54. The number of hydrogen-bond acceptors (Lipinski definition) is 4. The number of aromatic nitrogens is 2. The van der Waals surface area contributed by atoms with Crippen LogP contribution in [0.4, 0.5) is 5.69 Å². The van der Waals surface area contributed by atoms with Gasteiger partial charge in [-0.15, -0.1) is 0 Å². The maximum Gasteiger partial charge on any atom is 0.253 e. The molecular weight excluding hydrogens is 264 g/mol. The molecule has 0 bridgehead atoms. The Morgan fingerprint density at radius 1 is 1.29 bits per heavy atom. The van der Waals surface area contributed by atoms with E-state index in [-0.39, 0.29) is 5.91 Å². The van der Waals surface area contributed by atoms with Crippen molar-refractivity contribution < 1.29 is 4.79 Å². The third-order valence-corrected chi connectivity index (χ3v) is 3.02. The normalized spacial score (nSPS) is 10.1. The van der Waals surface area contributed by atoms with Crippen LogP contribution in [0.1, 0.15) is 35.8 Å². The number of carbonyl (C=O) groups is 1. The first-order valence-electron chi connectivity index (χ1n) is 7.16. The smallest absolute Gasteiger partial charge is 0.253 e. The summed E-state index contributed by atoms with van der Waals surface area (Å²) in [6.07, 6.45) is 7.23. The molecule has 5 nitrogen and oxygen atoms in total. The van der Waals surface area contributed by atoms with Crippen LogP contribution in [0.3, 0.4) is 0 Å². The number of unbranched alkanes of at least 4 members (excludes halogenated alkanes) is 1. The van der Waals surface area contributed by atoms with Crippen LogP contribution < -0.4 is 10.6 Å². The number of nitrogens with one attached hydrogen (secondary N) is 2. The van der Waals surface area contributed by atoms with Crippen molar-refractivity contribution in [3.05, 3.63) is 54.1 Å². The molecule has 0 unspecified atom stereocenters. The lowest BCUT2D eigenvalue weighted by Gasteiger charge is -2.08. The third-order valence-electron chi connectivity index (χ3n) is 3.02. The van der Waals surface area contributed by atoms with Crippen molar-refractivity contribution in [2.24, 2.45) is 0 Å². The highest BCUT2D eigenvalue weighted by Gasteiger charge is 2.07. The summed E-state index contributed by atoms with van der Waals surface area (Å²) in [5, 5.41) is 6.10. The Kier molecular flexibility index (Phi) is 5.70. The Balaban J connectivity index is 1.91. The van der Waals surface area contributed by atoms with Crippen molar-refractivity contribution in [1.29, 1.82) is 0 Å². The molecule has 0 spiro atoms. The fraction of sp³-hybridized carbons (Fsp3) is 0.312. The summed E-state index contributed by atoms with van der Waals surface area (Å²) >= 11 is 0. The molecule has 0 aliphatic rings. The van der Waals surface area contributed by atoms with Crippen molar-refractivity contribution in [2.45, 2.75) is 26.3 Å². The summed E-state index contributed by atoms with van der Waals surface area (Å²) in [7, 11) is 0. The SMILES string of the molecule is CCCCNc1cncc(C(=O)NCc2ccccn2)c1. The summed E-state index contributed by atoms with van der Waals surface area (Å²) in [6, 6.07) is 7.44. The molecule has 0 atom stereocenters. The molecule has 2 N–H and O–H groups in total. The number of carbonyl (C=O) groups excluding carboxylic acids is 1. The quantitative estimate of drug-likeness (QED) is 0.767. The van der Waals surface area contributed by atoms with E-state index >= 15 is 0 Å². The first-order chi connectivity index (χ1) is 10.3. The molecule has 0 aromatic carbocycles. The van der Waals surface area contributed by atoms with Gasteiger partial charge in [0.2, 0.25) is 0 Å². The summed E-state index contributed by atoms with van der Waals surface area (Å²) in [5.41, 5.74) is 2.25. The second-order valence-corrected chi connectivity index (χ2v) is 4.75. The maximum atomic E-state index is 12.1. The number of rotatable bonds is 7. The lowest BCUT2D eigenvalue weighted by atomic mass is 10.2. The molecular formula is C16H20N4O. The average molecular weight is 284 g/mol. The first kappa shape index (κ1) is 15.0. The van der Waals surface area contributed by atoms with Crippen LogP contribution >= 0.6 is 0 Å². The highest BCUT2D eigenvalue weighted by atomic mass is 16.1. The van der Waals surface area contributed by atoms with Crippen molar-refractivity contribution in [3.63, 3.8) is 0 Å². The number of pyridine rings is 2. The number of anilines is 1. The molecule has 0 fully saturated rings. The van der Waals surface area contributed by atoms with Gasteiger partial charge in [-0.1, -0.05) is 19.4 Å². The van der Waals surface area contributed by atoms with E-state index in [1.165, 1.54) is 0 Å².